The van der Waals surface area contributed by atoms with Gasteiger partial charge in [0.1, 0.15) is 5.82 Å². The topological polar surface area (TPSA) is 39.2 Å². The molecule has 0 saturated heterocycles. The number of carbonyl (C=O) groups is 1. The molecule has 0 atom stereocenters. The van der Waals surface area contributed by atoms with Gasteiger partial charge in [-0.05, 0) is 44.5 Å². The van der Waals surface area contributed by atoms with Crippen LogP contribution >= 0.6 is 0 Å². The van der Waals surface area contributed by atoms with E-state index in [0.29, 0.717) is 17.9 Å². The highest BCUT2D eigenvalue weighted by Crippen LogP contribution is 2.25. The van der Waals surface area contributed by atoms with Crippen LogP contribution in [0.25, 0.3) is 11.1 Å². The Hall–Kier alpha value is -2.23. The number of nitrogens with zero attached hydrogens (tertiary/aromatic N) is 1. The molecule has 1 aromatic heterocycles. The second kappa shape index (κ2) is 5.82. The van der Waals surface area contributed by atoms with Gasteiger partial charge in [-0.1, -0.05) is 12.1 Å². The molecule has 0 radical (unpaired) electrons. The Morgan fingerprint density at radius 2 is 1.85 bits per heavy atom. The molecule has 0 amide bonds. The number of rotatable bonds is 3. The summed E-state index contributed by atoms with van der Waals surface area (Å²) in [4.78, 5) is 16.3. The van der Waals surface area contributed by atoms with Gasteiger partial charge in [-0.2, -0.15) is 0 Å². The zero-order valence-corrected chi connectivity index (χ0v) is 11.7. The molecular formula is C16H16FNO2. The molecule has 0 aliphatic heterocycles. The summed E-state index contributed by atoms with van der Waals surface area (Å²) in [5.74, 6) is -0.682. The van der Waals surface area contributed by atoms with Gasteiger partial charge < -0.3 is 4.74 Å². The molecule has 0 spiro atoms. The Morgan fingerprint density at radius 3 is 2.45 bits per heavy atom. The zero-order valence-electron chi connectivity index (χ0n) is 11.7. The number of aromatic nitrogens is 1. The third-order valence-corrected chi connectivity index (χ3v) is 3.05. The lowest BCUT2D eigenvalue weighted by Crippen LogP contribution is -2.09. The third-order valence-electron chi connectivity index (χ3n) is 3.05. The fourth-order valence-corrected chi connectivity index (χ4v) is 2.06. The molecule has 1 heterocycles. The maximum Gasteiger partial charge on any atom is 0.339 e. The van der Waals surface area contributed by atoms with Gasteiger partial charge in [-0.15, -0.1) is 0 Å². The first-order chi connectivity index (χ1) is 9.52. The molecule has 2 aromatic rings. The van der Waals surface area contributed by atoms with Crippen molar-refractivity contribution in [2.45, 2.75) is 20.8 Å². The average molecular weight is 273 g/mol. The molecule has 0 saturated carbocycles. The SMILES string of the molecule is CCOC(=O)c1cc(-c2ccc(F)cc2)c(C)nc1C. The quantitative estimate of drug-likeness (QED) is 0.801. The smallest absolute Gasteiger partial charge is 0.339 e. The number of pyridine rings is 1. The highest BCUT2D eigenvalue weighted by Gasteiger charge is 2.15. The van der Waals surface area contributed by atoms with E-state index in [2.05, 4.69) is 4.98 Å². The highest BCUT2D eigenvalue weighted by molar-refractivity contribution is 5.92. The molecule has 0 fully saturated rings. The summed E-state index contributed by atoms with van der Waals surface area (Å²) in [6, 6.07) is 7.87. The van der Waals surface area contributed by atoms with Gasteiger partial charge >= 0.3 is 5.97 Å². The molecule has 2 rings (SSSR count). The van der Waals surface area contributed by atoms with Crippen LogP contribution in [-0.4, -0.2) is 17.6 Å². The first-order valence-electron chi connectivity index (χ1n) is 6.44. The molecular weight excluding hydrogens is 257 g/mol. The van der Waals surface area contributed by atoms with Crippen molar-refractivity contribution < 1.29 is 13.9 Å². The van der Waals surface area contributed by atoms with Crippen molar-refractivity contribution in [3.8, 4) is 11.1 Å². The summed E-state index contributed by atoms with van der Waals surface area (Å²) in [5.41, 5.74) is 3.49. The van der Waals surface area contributed by atoms with Gasteiger partial charge in [0.15, 0.2) is 0 Å². The minimum Gasteiger partial charge on any atom is -0.462 e. The maximum absolute atomic E-state index is 13.0. The molecule has 0 N–H and O–H groups in total. The van der Waals surface area contributed by atoms with Crippen molar-refractivity contribution in [1.29, 1.82) is 0 Å². The summed E-state index contributed by atoms with van der Waals surface area (Å²) in [7, 11) is 0. The van der Waals surface area contributed by atoms with Crippen LogP contribution in [0.15, 0.2) is 30.3 Å². The average Bonchev–Trinajstić information content (AvgIpc) is 2.40. The number of hydrogen-bond donors (Lipinski definition) is 0. The maximum atomic E-state index is 13.0. The lowest BCUT2D eigenvalue weighted by molar-refractivity contribution is 0.0525. The molecule has 4 heteroatoms. The van der Waals surface area contributed by atoms with Crippen molar-refractivity contribution in [1.82, 2.24) is 4.98 Å². The second-order valence-electron chi connectivity index (χ2n) is 4.48. The first-order valence-corrected chi connectivity index (χ1v) is 6.44. The second-order valence-corrected chi connectivity index (χ2v) is 4.48. The molecule has 1 aromatic carbocycles. The molecule has 0 unspecified atom stereocenters. The lowest BCUT2D eigenvalue weighted by atomic mass is 10.0. The summed E-state index contributed by atoms with van der Waals surface area (Å²) >= 11 is 0. The van der Waals surface area contributed by atoms with Crippen LogP contribution in [0, 0.1) is 19.7 Å². The van der Waals surface area contributed by atoms with Gasteiger partial charge in [-0.3, -0.25) is 4.98 Å². The van der Waals surface area contributed by atoms with Crippen molar-refractivity contribution in [3.63, 3.8) is 0 Å². The van der Waals surface area contributed by atoms with Crippen LogP contribution in [0.2, 0.25) is 0 Å². The molecule has 0 aliphatic carbocycles. The molecule has 0 aliphatic rings. The first kappa shape index (κ1) is 14.2. The minimum atomic E-state index is -0.388. The fraction of sp³-hybridized carbons (Fsp3) is 0.250. The fourth-order valence-electron chi connectivity index (χ4n) is 2.06. The van der Waals surface area contributed by atoms with Crippen molar-refractivity contribution in [2.75, 3.05) is 6.61 Å². The van der Waals surface area contributed by atoms with E-state index >= 15 is 0 Å². The van der Waals surface area contributed by atoms with Gasteiger partial charge in [-0.25, -0.2) is 9.18 Å². The van der Waals surface area contributed by atoms with Gasteiger partial charge in [0.2, 0.25) is 0 Å². The minimum absolute atomic E-state index is 0.294. The van der Waals surface area contributed by atoms with Crippen LogP contribution in [-0.2, 0) is 4.74 Å². The highest BCUT2D eigenvalue weighted by atomic mass is 19.1. The van der Waals surface area contributed by atoms with Gasteiger partial charge in [0.05, 0.1) is 17.9 Å². The van der Waals surface area contributed by atoms with Crippen molar-refractivity contribution in [2.24, 2.45) is 0 Å². The third kappa shape index (κ3) is 2.85. The van der Waals surface area contributed by atoms with Crippen molar-refractivity contribution in [3.05, 3.63) is 53.1 Å². The summed E-state index contributed by atoms with van der Waals surface area (Å²) in [5, 5.41) is 0. The van der Waals surface area contributed by atoms with E-state index in [1.807, 2.05) is 6.92 Å². The molecule has 0 bridgehead atoms. The van der Waals surface area contributed by atoms with E-state index in [4.69, 9.17) is 4.74 Å². The summed E-state index contributed by atoms with van der Waals surface area (Å²) in [6.07, 6.45) is 0. The number of hydrogen-bond acceptors (Lipinski definition) is 3. The summed E-state index contributed by atoms with van der Waals surface area (Å²) < 4.78 is 18.0. The van der Waals surface area contributed by atoms with Crippen LogP contribution in [0.1, 0.15) is 28.7 Å². The Bertz CT molecular complexity index is 636. The van der Waals surface area contributed by atoms with Crippen LogP contribution in [0.5, 0.6) is 0 Å². The van der Waals surface area contributed by atoms with Gasteiger partial charge in [0, 0.05) is 11.3 Å². The number of esters is 1. The van der Waals surface area contributed by atoms with E-state index in [9.17, 15) is 9.18 Å². The number of benzene rings is 1. The van der Waals surface area contributed by atoms with Crippen molar-refractivity contribution >= 4 is 5.97 Å². The van der Waals surface area contributed by atoms with E-state index in [1.54, 1.807) is 32.0 Å². The number of aryl methyl sites for hydroxylation is 2. The number of carbonyl (C=O) groups excluding carboxylic acids is 1. The molecule has 3 nitrogen and oxygen atoms in total. The van der Waals surface area contributed by atoms with E-state index in [0.717, 1.165) is 16.8 Å². The largest absolute Gasteiger partial charge is 0.462 e. The predicted molar refractivity (Wildman–Crippen MR) is 75.1 cm³/mol. The molecule has 104 valence electrons. The Morgan fingerprint density at radius 1 is 1.20 bits per heavy atom. The Labute approximate surface area is 117 Å². The normalized spacial score (nSPS) is 10.4. The van der Waals surface area contributed by atoms with E-state index in [-0.39, 0.29) is 11.8 Å². The van der Waals surface area contributed by atoms with Crippen LogP contribution in [0.3, 0.4) is 0 Å². The molecule has 20 heavy (non-hydrogen) atoms. The monoisotopic (exact) mass is 273 g/mol. The lowest BCUT2D eigenvalue weighted by Gasteiger charge is -2.11. The van der Waals surface area contributed by atoms with Gasteiger partial charge in [0.25, 0.3) is 0 Å². The van der Waals surface area contributed by atoms with E-state index < -0.39 is 0 Å². The zero-order chi connectivity index (χ0) is 14.7. The van der Waals surface area contributed by atoms with E-state index in [1.165, 1.54) is 12.1 Å². The standard InChI is InChI=1S/C16H16FNO2/c1-4-20-16(19)15-9-14(10(2)18-11(15)3)12-5-7-13(17)8-6-12/h5-9H,4H2,1-3H3. The van der Waals surface area contributed by atoms with Crippen LogP contribution < -0.4 is 0 Å². The number of ether oxygens (including phenoxy) is 1. The Kier molecular flexibility index (Phi) is 4.13. The van der Waals surface area contributed by atoms with Crippen LogP contribution in [0.4, 0.5) is 4.39 Å². The number of halogens is 1. The predicted octanol–water partition coefficient (Wildman–Crippen LogP) is 3.68. The Balaban J connectivity index is 2.51. The summed E-state index contributed by atoms with van der Waals surface area (Å²) in [6.45, 7) is 5.71.